The van der Waals surface area contributed by atoms with E-state index >= 15 is 0 Å². The highest BCUT2D eigenvalue weighted by Gasteiger charge is 2.51. The Bertz CT molecular complexity index is 818. The van der Waals surface area contributed by atoms with Crippen LogP contribution in [0.5, 0.6) is 0 Å². The third-order valence-corrected chi connectivity index (χ3v) is 4.03. The Morgan fingerprint density at radius 1 is 1.46 bits per heavy atom. The number of halogens is 3. The lowest BCUT2D eigenvalue weighted by molar-refractivity contribution is 0.0501. The molecule has 0 aromatic carbocycles. The first-order valence-electron chi connectivity index (χ1n) is 7.36. The van der Waals surface area contributed by atoms with Crippen LogP contribution in [0.15, 0.2) is 12.3 Å². The van der Waals surface area contributed by atoms with Gasteiger partial charge in [-0.3, -0.25) is 4.90 Å². The average molecular weight is 359 g/mol. The van der Waals surface area contributed by atoms with Gasteiger partial charge in [-0.1, -0.05) is 11.6 Å². The fraction of sp³-hybridized carbons (Fsp3) is 0.533. The van der Waals surface area contributed by atoms with E-state index in [1.54, 1.807) is 20.8 Å². The second-order valence-corrected chi connectivity index (χ2v) is 7.40. The van der Waals surface area contributed by atoms with Gasteiger partial charge < -0.3 is 4.74 Å². The Morgan fingerprint density at radius 2 is 2.12 bits per heavy atom. The van der Waals surface area contributed by atoms with E-state index in [1.165, 1.54) is 28.6 Å². The number of amides is 1. The van der Waals surface area contributed by atoms with Crippen LogP contribution in [0.2, 0.25) is 5.15 Å². The second kappa shape index (κ2) is 5.27. The number of fused-ring (bicyclic) bond motifs is 3. The van der Waals surface area contributed by atoms with Gasteiger partial charge in [-0.15, -0.1) is 0 Å². The SMILES string of the molecule is CC(C)(C)OC(=O)N1CC(C)(C(F)F)c2c1cnc1cc(Cl)nn21. The molecule has 9 heteroatoms. The monoisotopic (exact) mass is 358 g/mol. The molecule has 0 fully saturated rings. The third kappa shape index (κ3) is 2.58. The molecule has 1 amide bonds. The minimum Gasteiger partial charge on any atom is -0.443 e. The van der Waals surface area contributed by atoms with Crippen LogP contribution >= 0.6 is 11.6 Å². The Balaban J connectivity index is 2.17. The second-order valence-electron chi connectivity index (χ2n) is 7.01. The molecule has 130 valence electrons. The molecule has 6 nitrogen and oxygen atoms in total. The third-order valence-electron chi connectivity index (χ3n) is 3.85. The molecule has 2 aromatic rings. The van der Waals surface area contributed by atoms with Crippen LogP contribution < -0.4 is 4.90 Å². The number of nitrogens with zero attached hydrogens (tertiary/aromatic N) is 4. The molecule has 0 spiro atoms. The smallest absolute Gasteiger partial charge is 0.414 e. The van der Waals surface area contributed by atoms with Crippen LogP contribution in [0.4, 0.5) is 19.3 Å². The molecule has 1 aliphatic heterocycles. The summed E-state index contributed by atoms with van der Waals surface area (Å²) in [5.74, 6) is 0. The van der Waals surface area contributed by atoms with E-state index in [1.807, 2.05) is 0 Å². The van der Waals surface area contributed by atoms with Crippen LogP contribution in [-0.4, -0.2) is 39.3 Å². The van der Waals surface area contributed by atoms with Crippen LogP contribution in [-0.2, 0) is 10.2 Å². The topological polar surface area (TPSA) is 59.7 Å². The van der Waals surface area contributed by atoms with E-state index in [4.69, 9.17) is 16.3 Å². The predicted molar refractivity (Wildman–Crippen MR) is 84.9 cm³/mol. The molecule has 0 radical (unpaired) electrons. The van der Waals surface area contributed by atoms with Crippen molar-refractivity contribution in [1.82, 2.24) is 14.6 Å². The lowest BCUT2D eigenvalue weighted by Gasteiger charge is -2.26. The van der Waals surface area contributed by atoms with Gasteiger partial charge in [0.1, 0.15) is 5.60 Å². The summed E-state index contributed by atoms with van der Waals surface area (Å²) in [5.41, 5.74) is -1.56. The molecular weight excluding hydrogens is 342 g/mol. The number of rotatable bonds is 1. The molecule has 1 unspecified atom stereocenters. The van der Waals surface area contributed by atoms with Crippen molar-refractivity contribution in [1.29, 1.82) is 0 Å². The van der Waals surface area contributed by atoms with Gasteiger partial charge in [-0.05, 0) is 27.7 Å². The van der Waals surface area contributed by atoms with Crippen molar-refractivity contribution in [3.05, 3.63) is 23.1 Å². The molecule has 1 aliphatic rings. The first-order chi connectivity index (χ1) is 11.0. The van der Waals surface area contributed by atoms with E-state index in [-0.39, 0.29) is 23.1 Å². The number of carbonyl (C=O) groups is 1. The highest BCUT2D eigenvalue weighted by molar-refractivity contribution is 6.29. The largest absolute Gasteiger partial charge is 0.443 e. The zero-order valence-corrected chi connectivity index (χ0v) is 14.4. The van der Waals surface area contributed by atoms with Gasteiger partial charge in [0.05, 0.1) is 23.0 Å². The summed E-state index contributed by atoms with van der Waals surface area (Å²) in [5, 5.41) is 4.18. The lowest BCUT2D eigenvalue weighted by Crippen LogP contribution is -2.42. The number of hydrogen-bond acceptors (Lipinski definition) is 4. The number of hydrogen-bond donors (Lipinski definition) is 0. The van der Waals surface area contributed by atoms with Crippen molar-refractivity contribution in [2.75, 3.05) is 11.4 Å². The highest BCUT2D eigenvalue weighted by Crippen LogP contribution is 2.44. The van der Waals surface area contributed by atoms with Crippen LogP contribution in [0.25, 0.3) is 5.65 Å². The number of carbonyl (C=O) groups excluding carboxylic acids is 1. The number of alkyl halides is 2. The first kappa shape index (κ1) is 16.9. The maximum atomic E-state index is 13.8. The van der Waals surface area contributed by atoms with E-state index in [0.29, 0.717) is 5.65 Å². The van der Waals surface area contributed by atoms with Crippen molar-refractivity contribution >= 4 is 29.0 Å². The molecule has 24 heavy (non-hydrogen) atoms. The Morgan fingerprint density at radius 3 is 2.71 bits per heavy atom. The molecule has 0 saturated carbocycles. The van der Waals surface area contributed by atoms with Gasteiger partial charge in [0.15, 0.2) is 10.8 Å². The van der Waals surface area contributed by atoms with E-state index < -0.39 is 23.5 Å². The van der Waals surface area contributed by atoms with Crippen LogP contribution in [0.3, 0.4) is 0 Å². The van der Waals surface area contributed by atoms with Crippen molar-refractivity contribution in [2.45, 2.75) is 45.1 Å². The maximum absolute atomic E-state index is 13.8. The summed E-state index contributed by atoms with van der Waals surface area (Å²) >= 11 is 5.88. The number of anilines is 1. The predicted octanol–water partition coefficient (Wildman–Crippen LogP) is 3.66. The van der Waals surface area contributed by atoms with Gasteiger partial charge in [-0.25, -0.2) is 23.1 Å². The molecule has 0 bridgehead atoms. The molecule has 3 heterocycles. The van der Waals surface area contributed by atoms with Crippen molar-refractivity contribution in [2.24, 2.45) is 0 Å². The summed E-state index contributed by atoms with van der Waals surface area (Å²) in [6.07, 6.45) is -2.04. The number of ether oxygens (including phenoxy) is 1. The van der Waals surface area contributed by atoms with Gasteiger partial charge in [0.25, 0.3) is 6.43 Å². The molecule has 1 atom stereocenters. The Labute approximate surface area is 142 Å². The average Bonchev–Trinajstić information content (AvgIpc) is 2.94. The van der Waals surface area contributed by atoms with Crippen molar-refractivity contribution in [3.8, 4) is 0 Å². The van der Waals surface area contributed by atoms with Gasteiger partial charge >= 0.3 is 6.09 Å². The van der Waals surface area contributed by atoms with Gasteiger partial charge in [0.2, 0.25) is 0 Å². The Kier molecular flexibility index (Phi) is 3.71. The summed E-state index contributed by atoms with van der Waals surface area (Å²) in [6.45, 7) is 6.29. The molecule has 0 N–H and O–H groups in total. The molecule has 0 saturated heterocycles. The zero-order valence-electron chi connectivity index (χ0n) is 13.7. The van der Waals surface area contributed by atoms with E-state index in [0.717, 1.165) is 0 Å². The lowest BCUT2D eigenvalue weighted by atomic mass is 9.89. The molecule has 0 aliphatic carbocycles. The summed E-state index contributed by atoms with van der Waals surface area (Å²) in [6, 6.07) is 1.48. The highest BCUT2D eigenvalue weighted by atomic mass is 35.5. The summed E-state index contributed by atoms with van der Waals surface area (Å²) in [4.78, 5) is 17.8. The van der Waals surface area contributed by atoms with Crippen molar-refractivity contribution < 1.29 is 18.3 Å². The minimum atomic E-state index is -2.71. The zero-order chi connectivity index (χ0) is 17.9. The fourth-order valence-corrected chi connectivity index (χ4v) is 2.94. The Hall–Kier alpha value is -1.96. The van der Waals surface area contributed by atoms with Crippen molar-refractivity contribution in [3.63, 3.8) is 0 Å². The minimum absolute atomic E-state index is 0.142. The molecular formula is C15H17ClF2N4O2. The van der Waals surface area contributed by atoms with Gasteiger partial charge in [0, 0.05) is 12.6 Å². The number of aromatic nitrogens is 3. The normalized spacial score (nSPS) is 20.8. The first-order valence-corrected chi connectivity index (χ1v) is 7.74. The maximum Gasteiger partial charge on any atom is 0.414 e. The van der Waals surface area contributed by atoms with Crippen LogP contribution in [0, 0.1) is 0 Å². The van der Waals surface area contributed by atoms with E-state index in [2.05, 4.69) is 10.1 Å². The standard InChI is InChI=1S/C15H17ClF2N4O2/c1-14(2,3)24-13(23)21-7-15(4,12(17)18)11-8(21)6-19-10-5-9(16)20-22(10)11/h5-6,12H,7H2,1-4H3. The summed E-state index contributed by atoms with van der Waals surface area (Å²) < 4.78 is 34.3. The molecule has 2 aromatic heterocycles. The van der Waals surface area contributed by atoms with Crippen LogP contribution in [0.1, 0.15) is 33.4 Å². The fourth-order valence-electron chi connectivity index (χ4n) is 2.77. The summed E-state index contributed by atoms with van der Waals surface area (Å²) in [7, 11) is 0. The van der Waals surface area contributed by atoms with Gasteiger partial charge in [-0.2, -0.15) is 5.10 Å². The quantitative estimate of drug-likeness (QED) is 0.780. The van der Waals surface area contributed by atoms with E-state index in [9.17, 15) is 13.6 Å². The molecule has 3 rings (SSSR count).